The summed E-state index contributed by atoms with van der Waals surface area (Å²) in [4.78, 5) is 14.9. The molecule has 6 aromatic carbocycles. The van der Waals surface area contributed by atoms with Crippen LogP contribution in [0, 0.1) is 0 Å². The van der Waals surface area contributed by atoms with E-state index in [1.54, 1.807) is 0 Å². The highest BCUT2D eigenvalue weighted by atomic mass is 14.9. The second-order valence-corrected chi connectivity index (χ2v) is 12.8. The van der Waals surface area contributed by atoms with Gasteiger partial charge in [0.25, 0.3) is 0 Å². The van der Waals surface area contributed by atoms with Crippen molar-refractivity contribution in [2.75, 3.05) is 0 Å². The second-order valence-electron chi connectivity index (χ2n) is 12.8. The zero-order chi connectivity index (χ0) is 31.5. The minimum atomic E-state index is -0.174. The average molecular weight is 602 g/mol. The van der Waals surface area contributed by atoms with Gasteiger partial charge >= 0.3 is 0 Å². The summed E-state index contributed by atoms with van der Waals surface area (Å²) in [5.41, 5.74) is 12.3. The van der Waals surface area contributed by atoms with E-state index in [-0.39, 0.29) is 5.41 Å². The molecule has 0 saturated heterocycles. The summed E-state index contributed by atoms with van der Waals surface area (Å²) in [6, 6.07) is 51.6. The van der Waals surface area contributed by atoms with Gasteiger partial charge in [0.05, 0.1) is 17.1 Å². The van der Waals surface area contributed by atoms with Crippen molar-refractivity contribution in [2.24, 2.45) is 0 Å². The van der Waals surface area contributed by atoms with Gasteiger partial charge in [0.2, 0.25) is 0 Å². The zero-order valence-corrected chi connectivity index (χ0v) is 26.3. The van der Waals surface area contributed by atoms with E-state index >= 15 is 0 Å². The van der Waals surface area contributed by atoms with Crippen molar-refractivity contribution in [3.8, 4) is 56.3 Å². The van der Waals surface area contributed by atoms with Crippen LogP contribution >= 0.6 is 0 Å². The van der Waals surface area contributed by atoms with Crippen LogP contribution in [0.2, 0.25) is 0 Å². The third kappa shape index (κ3) is 4.31. The first kappa shape index (κ1) is 27.4. The van der Waals surface area contributed by atoms with E-state index < -0.39 is 0 Å². The summed E-state index contributed by atoms with van der Waals surface area (Å²) in [6.07, 6.45) is 1.81. The Bertz CT molecular complexity index is 2420. The Balaban J connectivity index is 1.26. The Kier molecular flexibility index (Phi) is 6.16. The predicted molar refractivity (Wildman–Crippen MR) is 194 cm³/mol. The molecule has 0 N–H and O–H groups in total. The molecule has 0 unspecified atom stereocenters. The van der Waals surface area contributed by atoms with Gasteiger partial charge in [0, 0.05) is 22.7 Å². The van der Waals surface area contributed by atoms with Crippen LogP contribution in [-0.2, 0) is 5.41 Å². The monoisotopic (exact) mass is 601 g/mol. The van der Waals surface area contributed by atoms with Crippen LogP contribution in [0.1, 0.15) is 25.0 Å². The highest BCUT2D eigenvalue weighted by Gasteiger charge is 2.39. The molecule has 8 aromatic rings. The summed E-state index contributed by atoms with van der Waals surface area (Å²) in [7, 11) is 0. The molecule has 0 amide bonds. The molecule has 2 aromatic heterocycles. The fourth-order valence-electron chi connectivity index (χ4n) is 7.67. The first-order chi connectivity index (χ1) is 23.1. The molecular weight excluding hydrogens is 571 g/mol. The lowest BCUT2D eigenvalue weighted by molar-refractivity contribution is 0.668. The van der Waals surface area contributed by atoms with Crippen molar-refractivity contribution in [2.45, 2.75) is 19.3 Å². The number of fused-ring (bicyclic) bond motifs is 6. The molecular formula is C44H31N3. The van der Waals surface area contributed by atoms with Gasteiger partial charge < -0.3 is 0 Å². The number of aromatic nitrogens is 3. The number of benzene rings is 6. The number of rotatable bonds is 4. The lowest BCUT2D eigenvalue weighted by Gasteiger charge is -2.26. The molecule has 1 aliphatic carbocycles. The van der Waals surface area contributed by atoms with E-state index in [2.05, 4.69) is 122 Å². The van der Waals surface area contributed by atoms with Crippen molar-refractivity contribution >= 4 is 21.5 Å². The highest BCUT2D eigenvalue weighted by molar-refractivity contribution is 6.07. The standard InChI is InChI=1S/C44H31N3/c1-44(2)41-30-16-7-6-13-28(30)22-23-36(41)35-20-12-19-34(42(35)44)33-24-25-37(32-18-9-8-17-31(32)33)43-46-39(29-14-4-3-5-15-29)27-40(47-43)38-21-10-11-26-45-38/h3-27H,1-2H3. The van der Waals surface area contributed by atoms with Gasteiger partial charge in [-0.1, -0.05) is 135 Å². The van der Waals surface area contributed by atoms with Gasteiger partial charge in [-0.3, -0.25) is 4.98 Å². The van der Waals surface area contributed by atoms with E-state index in [4.69, 9.17) is 9.97 Å². The highest BCUT2D eigenvalue weighted by Crippen LogP contribution is 2.55. The molecule has 9 rings (SSSR count). The maximum atomic E-state index is 5.15. The zero-order valence-electron chi connectivity index (χ0n) is 26.3. The van der Waals surface area contributed by atoms with E-state index in [1.165, 1.54) is 49.5 Å². The Morgan fingerprint density at radius 1 is 0.426 bits per heavy atom. The molecule has 3 nitrogen and oxygen atoms in total. The maximum Gasteiger partial charge on any atom is 0.161 e. The summed E-state index contributed by atoms with van der Waals surface area (Å²) >= 11 is 0. The van der Waals surface area contributed by atoms with Gasteiger partial charge in [-0.25, -0.2) is 9.97 Å². The number of hydrogen-bond acceptors (Lipinski definition) is 3. The molecule has 0 spiro atoms. The maximum absolute atomic E-state index is 5.15. The molecule has 0 atom stereocenters. The van der Waals surface area contributed by atoms with Crippen LogP contribution in [0.15, 0.2) is 152 Å². The fraction of sp³-hybridized carbons (Fsp3) is 0.0682. The van der Waals surface area contributed by atoms with Crippen molar-refractivity contribution in [3.63, 3.8) is 0 Å². The van der Waals surface area contributed by atoms with Crippen LogP contribution in [0.3, 0.4) is 0 Å². The first-order valence-electron chi connectivity index (χ1n) is 16.1. The van der Waals surface area contributed by atoms with Gasteiger partial charge in [0.15, 0.2) is 5.82 Å². The SMILES string of the molecule is CC1(C)c2c(cccc2-c2ccc(-c3nc(-c4ccccc4)cc(-c4ccccn4)n3)c3ccccc23)-c2ccc3ccccc3c21. The fourth-order valence-corrected chi connectivity index (χ4v) is 7.67. The molecule has 47 heavy (non-hydrogen) atoms. The quantitative estimate of drug-likeness (QED) is 0.201. The molecule has 2 heterocycles. The molecule has 0 aliphatic heterocycles. The molecule has 0 saturated carbocycles. The van der Waals surface area contributed by atoms with Crippen molar-refractivity contribution in [3.05, 3.63) is 163 Å². The molecule has 0 radical (unpaired) electrons. The second kappa shape index (κ2) is 10.6. The Labute approximate surface area is 274 Å². The number of hydrogen-bond donors (Lipinski definition) is 0. The lowest BCUT2D eigenvalue weighted by atomic mass is 9.77. The van der Waals surface area contributed by atoms with Gasteiger partial charge in [-0.05, 0) is 79.2 Å². The van der Waals surface area contributed by atoms with E-state index in [0.717, 1.165) is 33.6 Å². The number of nitrogens with zero attached hydrogens (tertiary/aromatic N) is 3. The normalized spacial score (nSPS) is 13.1. The van der Waals surface area contributed by atoms with Crippen molar-refractivity contribution in [1.82, 2.24) is 15.0 Å². The van der Waals surface area contributed by atoms with Gasteiger partial charge in [-0.15, -0.1) is 0 Å². The largest absolute Gasteiger partial charge is 0.255 e. The minimum Gasteiger partial charge on any atom is -0.255 e. The minimum absolute atomic E-state index is 0.174. The van der Waals surface area contributed by atoms with Gasteiger partial charge in [-0.2, -0.15) is 0 Å². The molecule has 1 aliphatic rings. The Morgan fingerprint density at radius 3 is 1.83 bits per heavy atom. The van der Waals surface area contributed by atoms with Crippen LogP contribution in [-0.4, -0.2) is 15.0 Å². The molecule has 3 heteroatoms. The van der Waals surface area contributed by atoms with Crippen molar-refractivity contribution in [1.29, 1.82) is 0 Å². The van der Waals surface area contributed by atoms with Crippen LogP contribution in [0.5, 0.6) is 0 Å². The number of pyridine rings is 1. The van der Waals surface area contributed by atoms with E-state index in [9.17, 15) is 0 Å². The van der Waals surface area contributed by atoms with Crippen LogP contribution < -0.4 is 0 Å². The van der Waals surface area contributed by atoms with E-state index in [1.807, 2.05) is 48.7 Å². The van der Waals surface area contributed by atoms with Crippen molar-refractivity contribution < 1.29 is 0 Å². The third-order valence-corrected chi connectivity index (χ3v) is 9.71. The molecule has 0 bridgehead atoms. The van der Waals surface area contributed by atoms with E-state index in [0.29, 0.717) is 5.82 Å². The average Bonchev–Trinajstić information content (AvgIpc) is 3.38. The topological polar surface area (TPSA) is 38.7 Å². The Hall–Kier alpha value is -5.93. The lowest BCUT2D eigenvalue weighted by Crippen LogP contribution is -2.17. The predicted octanol–water partition coefficient (Wildman–Crippen LogP) is 11.2. The Morgan fingerprint density at radius 2 is 1.04 bits per heavy atom. The van der Waals surface area contributed by atoms with Gasteiger partial charge in [0.1, 0.15) is 0 Å². The smallest absolute Gasteiger partial charge is 0.161 e. The summed E-state index contributed by atoms with van der Waals surface area (Å²) < 4.78 is 0. The summed E-state index contributed by atoms with van der Waals surface area (Å²) in [5, 5.41) is 4.92. The third-order valence-electron chi connectivity index (χ3n) is 9.71. The first-order valence-corrected chi connectivity index (χ1v) is 16.1. The summed E-state index contributed by atoms with van der Waals surface area (Å²) in [5.74, 6) is 0.687. The molecule has 222 valence electrons. The van der Waals surface area contributed by atoms with Crippen LogP contribution in [0.25, 0.3) is 77.8 Å². The summed E-state index contributed by atoms with van der Waals surface area (Å²) in [6.45, 7) is 4.76. The molecule has 0 fully saturated rings. The van der Waals surface area contributed by atoms with Crippen LogP contribution in [0.4, 0.5) is 0 Å².